The van der Waals surface area contributed by atoms with Crippen LogP contribution >= 0.6 is 15.9 Å². The highest BCUT2D eigenvalue weighted by Crippen LogP contribution is 2.24. The van der Waals surface area contributed by atoms with Crippen LogP contribution in [0.2, 0.25) is 0 Å². The van der Waals surface area contributed by atoms with E-state index in [9.17, 15) is 4.39 Å². The van der Waals surface area contributed by atoms with E-state index in [1.54, 1.807) is 16.9 Å². The second-order valence-electron chi connectivity index (χ2n) is 3.71. The smallest absolute Gasteiger partial charge is 0.124 e. The van der Waals surface area contributed by atoms with Gasteiger partial charge in [-0.3, -0.25) is 0 Å². The van der Waals surface area contributed by atoms with Crippen LogP contribution in [0.5, 0.6) is 0 Å². The first kappa shape index (κ1) is 10.5. The molecule has 84 valence electrons. The molecule has 1 aromatic heterocycles. The molecule has 0 saturated carbocycles. The average molecular weight is 291 g/mol. The van der Waals surface area contributed by atoms with Gasteiger partial charge in [0.25, 0.3) is 0 Å². The van der Waals surface area contributed by atoms with Crippen LogP contribution in [0.25, 0.3) is 16.6 Å². The second-order valence-corrected chi connectivity index (χ2v) is 4.57. The molecule has 0 aliphatic rings. The summed E-state index contributed by atoms with van der Waals surface area (Å²) in [5, 5.41) is 5.08. The molecule has 0 atom stereocenters. The first-order valence-corrected chi connectivity index (χ1v) is 5.93. The van der Waals surface area contributed by atoms with E-state index in [0.717, 1.165) is 21.1 Å². The van der Waals surface area contributed by atoms with Crippen molar-refractivity contribution in [1.82, 2.24) is 9.78 Å². The van der Waals surface area contributed by atoms with Gasteiger partial charge < -0.3 is 0 Å². The molecule has 2 nitrogen and oxygen atoms in total. The predicted octanol–water partition coefficient (Wildman–Crippen LogP) is 3.93. The zero-order valence-corrected chi connectivity index (χ0v) is 10.4. The quantitative estimate of drug-likeness (QED) is 0.664. The summed E-state index contributed by atoms with van der Waals surface area (Å²) in [4.78, 5) is 0. The van der Waals surface area contributed by atoms with E-state index >= 15 is 0 Å². The van der Waals surface area contributed by atoms with Crippen LogP contribution in [0.3, 0.4) is 0 Å². The Morgan fingerprint density at radius 2 is 1.94 bits per heavy atom. The van der Waals surface area contributed by atoms with Crippen molar-refractivity contribution in [3.63, 3.8) is 0 Å². The third kappa shape index (κ3) is 1.74. The number of halogens is 2. The summed E-state index contributed by atoms with van der Waals surface area (Å²) in [6, 6.07) is 12.5. The summed E-state index contributed by atoms with van der Waals surface area (Å²) in [7, 11) is 0. The Morgan fingerprint density at radius 3 is 2.76 bits per heavy atom. The van der Waals surface area contributed by atoms with Crippen molar-refractivity contribution in [1.29, 1.82) is 0 Å². The summed E-state index contributed by atoms with van der Waals surface area (Å²) in [5.74, 6) is -0.246. The Labute approximate surface area is 106 Å². The number of hydrogen-bond acceptors (Lipinski definition) is 1. The predicted molar refractivity (Wildman–Crippen MR) is 68.7 cm³/mol. The molecule has 0 unspecified atom stereocenters. The van der Waals surface area contributed by atoms with Gasteiger partial charge in [0, 0.05) is 9.86 Å². The zero-order chi connectivity index (χ0) is 11.8. The van der Waals surface area contributed by atoms with E-state index in [1.165, 1.54) is 12.1 Å². The molecular formula is C13H8BrFN2. The first-order chi connectivity index (χ1) is 8.25. The van der Waals surface area contributed by atoms with Crippen molar-refractivity contribution < 1.29 is 4.39 Å². The lowest BCUT2D eigenvalue weighted by Crippen LogP contribution is -1.96. The van der Waals surface area contributed by atoms with E-state index in [-0.39, 0.29) is 5.82 Å². The molecule has 0 aliphatic heterocycles. The minimum absolute atomic E-state index is 0.246. The topological polar surface area (TPSA) is 17.8 Å². The lowest BCUT2D eigenvalue weighted by molar-refractivity contribution is 0.629. The van der Waals surface area contributed by atoms with Gasteiger partial charge in [-0.15, -0.1) is 0 Å². The molecule has 4 heteroatoms. The summed E-state index contributed by atoms with van der Waals surface area (Å²) in [5.41, 5.74) is 1.83. The fourth-order valence-corrected chi connectivity index (χ4v) is 2.27. The van der Waals surface area contributed by atoms with Crippen LogP contribution < -0.4 is 0 Å². The van der Waals surface area contributed by atoms with Gasteiger partial charge in [0.15, 0.2) is 0 Å². The Kier molecular flexibility index (Phi) is 2.44. The largest absolute Gasteiger partial charge is 0.232 e. The number of hydrogen-bond donors (Lipinski definition) is 0. The van der Waals surface area contributed by atoms with E-state index in [2.05, 4.69) is 21.0 Å². The van der Waals surface area contributed by atoms with Crippen LogP contribution in [0.4, 0.5) is 4.39 Å². The molecule has 0 radical (unpaired) electrons. The number of para-hydroxylation sites is 1. The number of rotatable bonds is 1. The first-order valence-electron chi connectivity index (χ1n) is 5.14. The lowest BCUT2D eigenvalue weighted by atomic mass is 10.2. The van der Waals surface area contributed by atoms with Crippen molar-refractivity contribution in [2.75, 3.05) is 0 Å². The summed E-state index contributed by atoms with van der Waals surface area (Å²) < 4.78 is 15.8. The minimum Gasteiger partial charge on any atom is -0.232 e. The molecule has 3 aromatic rings. The SMILES string of the molecule is Fc1ccc2c(cnn2-c2ccccc2Br)c1. The highest BCUT2D eigenvalue weighted by molar-refractivity contribution is 9.10. The maximum atomic E-state index is 13.1. The molecule has 1 heterocycles. The number of aromatic nitrogens is 2. The lowest BCUT2D eigenvalue weighted by Gasteiger charge is -2.05. The van der Waals surface area contributed by atoms with E-state index in [0.29, 0.717) is 0 Å². The van der Waals surface area contributed by atoms with Gasteiger partial charge in [0.05, 0.1) is 17.4 Å². The second kappa shape index (κ2) is 3.96. The molecule has 2 aromatic carbocycles. The van der Waals surface area contributed by atoms with Gasteiger partial charge in [0.1, 0.15) is 5.82 Å². The van der Waals surface area contributed by atoms with E-state index in [1.807, 2.05) is 24.3 Å². The third-order valence-electron chi connectivity index (χ3n) is 2.61. The van der Waals surface area contributed by atoms with Crippen LogP contribution in [0.15, 0.2) is 53.1 Å². The van der Waals surface area contributed by atoms with Crippen LogP contribution in [-0.4, -0.2) is 9.78 Å². The average Bonchev–Trinajstić information content (AvgIpc) is 2.72. The molecule has 0 fully saturated rings. The molecule has 0 spiro atoms. The van der Waals surface area contributed by atoms with Crippen molar-refractivity contribution in [3.05, 3.63) is 59.0 Å². The van der Waals surface area contributed by atoms with E-state index < -0.39 is 0 Å². The highest BCUT2D eigenvalue weighted by Gasteiger charge is 2.07. The summed E-state index contributed by atoms with van der Waals surface area (Å²) in [6.07, 6.45) is 1.66. The molecular weight excluding hydrogens is 283 g/mol. The van der Waals surface area contributed by atoms with Gasteiger partial charge in [-0.05, 0) is 46.3 Å². The van der Waals surface area contributed by atoms with Crippen molar-refractivity contribution >= 4 is 26.8 Å². The number of nitrogens with zero attached hydrogens (tertiary/aromatic N) is 2. The minimum atomic E-state index is -0.246. The third-order valence-corrected chi connectivity index (χ3v) is 3.28. The normalized spacial score (nSPS) is 10.9. The Balaban J connectivity index is 2.29. The monoisotopic (exact) mass is 290 g/mol. The van der Waals surface area contributed by atoms with Crippen molar-refractivity contribution in [3.8, 4) is 5.69 Å². The molecule has 17 heavy (non-hydrogen) atoms. The van der Waals surface area contributed by atoms with Crippen molar-refractivity contribution in [2.45, 2.75) is 0 Å². The van der Waals surface area contributed by atoms with Crippen LogP contribution in [-0.2, 0) is 0 Å². The van der Waals surface area contributed by atoms with Gasteiger partial charge in [0.2, 0.25) is 0 Å². The Morgan fingerprint density at radius 1 is 1.12 bits per heavy atom. The molecule has 0 saturated heterocycles. The van der Waals surface area contributed by atoms with E-state index in [4.69, 9.17) is 0 Å². The van der Waals surface area contributed by atoms with Gasteiger partial charge in [-0.1, -0.05) is 12.1 Å². The highest BCUT2D eigenvalue weighted by atomic mass is 79.9. The maximum Gasteiger partial charge on any atom is 0.124 e. The summed E-state index contributed by atoms with van der Waals surface area (Å²) >= 11 is 3.48. The zero-order valence-electron chi connectivity index (χ0n) is 8.77. The van der Waals surface area contributed by atoms with Gasteiger partial charge in [-0.2, -0.15) is 5.10 Å². The molecule has 0 bridgehead atoms. The fraction of sp³-hybridized carbons (Fsp3) is 0. The Bertz CT molecular complexity index is 691. The van der Waals surface area contributed by atoms with Crippen LogP contribution in [0, 0.1) is 5.82 Å². The number of benzene rings is 2. The van der Waals surface area contributed by atoms with Crippen molar-refractivity contribution in [2.24, 2.45) is 0 Å². The van der Waals surface area contributed by atoms with Gasteiger partial charge in [-0.25, -0.2) is 9.07 Å². The molecule has 0 aliphatic carbocycles. The van der Waals surface area contributed by atoms with Gasteiger partial charge >= 0.3 is 0 Å². The molecule has 0 N–H and O–H groups in total. The standard InChI is InChI=1S/C13H8BrFN2/c14-11-3-1-2-4-13(11)17-12-6-5-10(15)7-9(12)8-16-17/h1-8H. The fourth-order valence-electron chi connectivity index (χ4n) is 1.82. The van der Waals surface area contributed by atoms with Crippen LogP contribution in [0.1, 0.15) is 0 Å². The summed E-state index contributed by atoms with van der Waals surface area (Å²) in [6.45, 7) is 0. The Hall–Kier alpha value is -1.68. The number of fused-ring (bicyclic) bond motifs is 1. The molecule has 0 amide bonds. The molecule has 3 rings (SSSR count). The maximum absolute atomic E-state index is 13.1.